The Morgan fingerprint density at radius 3 is 2.67 bits per heavy atom. The van der Waals surface area contributed by atoms with Crippen LogP contribution in [-0.4, -0.2) is 62.7 Å². The van der Waals surface area contributed by atoms with Gasteiger partial charge in [0.25, 0.3) is 0 Å². The summed E-state index contributed by atoms with van der Waals surface area (Å²) < 4.78 is 5.25. The van der Waals surface area contributed by atoms with E-state index in [2.05, 4.69) is 25.2 Å². The van der Waals surface area contributed by atoms with Crippen molar-refractivity contribution in [3.63, 3.8) is 0 Å². The molecule has 0 amide bonds. The molecule has 0 saturated carbocycles. The van der Waals surface area contributed by atoms with E-state index in [1.54, 1.807) is 19.4 Å². The van der Waals surface area contributed by atoms with Gasteiger partial charge in [-0.1, -0.05) is 12.1 Å². The molecule has 1 atom stereocenters. The van der Waals surface area contributed by atoms with Crippen LogP contribution in [0.25, 0.3) is 22.1 Å². The number of β-amino-alcohol motifs (C(OH)–C–C–N with tert-alkyl or cyclic N) is 1. The molecule has 1 saturated heterocycles. The molecule has 0 bridgehead atoms. The standard InChI is InChI=1S/C25H28N6O2/c1-33-24-7-6-22-25(30-24)19(8-11-26-22)23(32)16-31-12-9-17(10-13-31)27-14-18-15-28-20-4-2-3-5-21(20)29-18/h2-8,11,15,17,23,27,32H,9-10,12-14,16H2,1H3. The van der Waals surface area contributed by atoms with E-state index in [1.165, 1.54) is 0 Å². The number of rotatable bonds is 7. The van der Waals surface area contributed by atoms with Crippen molar-refractivity contribution in [3.8, 4) is 5.88 Å². The largest absolute Gasteiger partial charge is 0.481 e. The van der Waals surface area contributed by atoms with Crippen LogP contribution in [0.4, 0.5) is 0 Å². The minimum absolute atomic E-state index is 0.430. The minimum Gasteiger partial charge on any atom is -0.481 e. The number of ether oxygens (including phenoxy) is 1. The number of methoxy groups -OCH3 is 1. The van der Waals surface area contributed by atoms with Crippen molar-refractivity contribution >= 4 is 22.1 Å². The molecule has 4 heterocycles. The second kappa shape index (κ2) is 9.74. The van der Waals surface area contributed by atoms with Crippen molar-refractivity contribution < 1.29 is 9.84 Å². The van der Waals surface area contributed by atoms with Gasteiger partial charge in [0.05, 0.1) is 47.2 Å². The number of aromatic nitrogens is 4. The molecule has 5 rings (SSSR count). The fourth-order valence-electron chi connectivity index (χ4n) is 4.40. The van der Waals surface area contributed by atoms with E-state index in [0.29, 0.717) is 30.5 Å². The lowest BCUT2D eigenvalue weighted by Gasteiger charge is -2.33. The van der Waals surface area contributed by atoms with Gasteiger partial charge in [-0.05, 0) is 50.2 Å². The Balaban J connectivity index is 1.15. The lowest BCUT2D eigenvalue weighted by atomic mass is 10.0. The van der Waals surface area contributed by atoms with Crippen molar-refractivity contribution in [1.82, 2.24) is 30.2 Å². The first-order valence-corrected chi connectivity index (χ1v) is 11.3. The van der Waals surface area contributed by atoms with Gasteiger partial charge >= 0.3 is 0 Å². The summed E-state index contributed by atoms with van der Waals surface area (Å²) in [5, 5.41) is 14.6. The number of para-hydroxylation sites is 2. The highest BCUT2D eigenvalue weighted by molar-refractivity contribution is 5.78. The molecule has 170 valence electrons. The van der Waals surface area contributed by atoms with Crippen molar-refractivity contribution in [2.45, 2.75) is 31.5 Å². The quantitative estimate of drug-likeness (QED) is 0.449. The van der Waals surface area contributed by atoms with Crippen LogP contribution in [0.15, 0.2) is 54.9 Å². The number of hydrogen-bond acceptors (Lipinski definition) is 8. The molecule has 2 N–H and O–H groups in total. The minimum atomic E-state index is -0.632. The molecule has 1 unspecified atom stereocenters. The number of nitrogens with one attached hydrogen (secondary N) is 1. The zero-order chi connectivity index (χ0) is 22.6. The number of aliphatic hydroxyl groups is 1. The Hall–Kier alpha value is -3.20. The van der Waals surface area contributed by atoms with Crippen LogP contribution in [0, 0.1) is 0 Å². The molecule has 3 aromatic heterocycles. The van der Waals surface area contributed by atoms with Crippen LogP contribution in [0.1, 0.15) is 30.2 Å². The van der Waals surface area contributed by atoms with Crippen LogP contribution in [0.5, 0.6) is 5.88 Å². The monoisotopic (exact) mass is 444 g/mol. The van der Waals surface area contributed by atoms with Crippen LogP contribution in [-0.2, 0) is 6.54 Å². The maximum Gasteiger partial charge on any atom is 0.213 e. The molecule has 1 aromatic carbocycles. The van der Waals surface area contributed by atoms with Gasteiger partial charge in [-0.2, -0.15) is 0 Å². The summed E-state index contributed by atoms with van der Waals surface area (Å²) in [5.74, 6) is 0.520. The zero-order valence-electron chi connectivity index (χ0n) is 18.7. The molecule has 0 aliphatic carbocycles. The Morgan fingerprint density at radius 1 is 1.03 bits per heavy atom. The normalized spacial score (nSPS) is 16.3. The third-order valence-corrected chi connectivity index (χ3v) is 6.25. The fraction of sp³-hybridized carbons (Fsp3) is 0.360. The summed E-state index contributed by atoms with van der Waals surface area (Å²) in [5.41, 5.74) is 5.04. The summed E-state index contributed by atoms with van der Waals surface area (Å²) >= 11 is 0. The molecular weight excluding hydrogens is 416 g/mol. The summed E-state index contributed by atoms with van der Waals surface area (Å²) in [6.45, 7) is 3.14. The van der Waals surface area contributed by atoms with Gasteiger partial charge in [-0.3, -0.25) is 9.97 Å². The van der Waals surface area contributed by atoms with Crippen LogP contribution < -0.4 is 10.1 Å². The van der Waals surface area contributed by atoms with Gasteiger partial charge < -0.3 is 20.1 Å². The van der Waals surface area contributed by atoms with E-state index in [0.717, 1.165) is 53.7 Å². The molecule has 1 aliphatic rings. The van der Waals surface area contributed by atoms with Gasteiger partial charge in [0.2, 0.25) is 5.88 Å². The molecule has 8 heteroatoms. The molecule has 1 aliphatic heterocycles. The van der Waals surface area contributed by atoms with E-state index in [9.17, 15) is 5.11 Å². The Kier molecular flexibility index (Phi) is 6.39. The lowest BCUT2D eigenvalue weighted by Crippen LogP contribution is -2.43. The van der Waals surface area contributed by atoms with Gasteiger partial charge in [0.1, 0.15) is 0 Å². The Bertz CT molecular complexity index is 1240. The zero-order valence-corrected chi connectivity index (χ0v) is 18.7. The highest BCUT2D eigenvalue weighted by Gasteiger charge is 2.23. The summed E-state index contributed by atoms with van der Waals surface area (Å²) in [7, 11) is 1.59. The van der Waals surface area contributed by atoms with E-state index in [-0.39, 0.29) is 0 Å². The number of hydrogen-bond donors (Lipinski definition) is 2. The number of aliphatic hydroxyl groups excluding tert-OH is 1. The summed E-state index contributed by atoms with van der Waals surface area (Å²) in [4.78, 5) is 20.4. The fourth-order valence-corrected chi connectivity index (χ4v) is 4.40. The van der Waals surface area contributed by atoms with Gasteiger partial charge in [-0.25, -0.2) is 9.97 Å². The predicted molar refractivity (Wildman–Crippen MR) is 127 cm³/mol. The second-order valence-electron chi connectivity index (χ2n) is 8.44. The predicted octanol–water partition coefficient (Wildman–Crippen LogP) is 2.87. The summed E-state index contributed by atoms with van der Waals surface area (Å²) in [6, 6.07) is 13.9. The van der Waals surface area contributed by atoms with E-state index >= 15 is 0 Å². The molecule has 1 fully saturated rings. The number of piperidine rings is 1. The van der Waals surface area contributed by atoms with Crippen molar-refractivity contribution in [2.24, 2.45) is 0 Å². The molecule has 33 heavy (non-hydrogen) atoms. The molecule has 0 radical (unpaired) electrons. The topological polar surface area (TPSA) is 96.3 Å². The maximum absolute atomic E-state index is 11.0. The lowest BCUT2D eigenvalue weighted by molar-refractivity contribution is 0.0947. The van der Waals surface area contributed by atoms with Crippen molar-refractivity contribution in [1.29, 1.82) is 0 Å². The first kappa shape index (κ1) is 21.6. The average Bonchev–Trinajstić information content (AvgIpc) is 2.87. The molecule has 4 aromatic rings. The smallest absolute Gasteiger partial charge is 0.213 e. The van der Waals surface area contributed by atoms with Gasteiger partial charge in [-0.15, -0.1) is 0 Å². The van der Waals surface area contributed by atoms with Crippen molar-refractivity contribution in [3.05, 3.63) is 66.1 Å². The number of fused-ring (bicyclic) bond motifs is 2. The van der Waals surface area contributed by atoms with Gasteiger partial charge in [0.15, 0.2) is 0 Å². The Labute approximate surface area is 192 Å². The van der Waals surface area contributed by atoms with Crippen LogP contribution in [0.3, 0.4) is 0 Å². The number of likely N-dealkylation sites (tertiary alicyclic amines) is 1. The molecule has 0 spiro atoms. The highest BCUT2D eigenvalue weighted by Crippen LogP contribution is 2.25. The third-order valence-electron chi connectivity index (χ3n) is 6.25. The number of benzene rings is 1. The van der Waals surface area contributed by atoms with E-state index < -0.39 is 6.10 Å². The van der Waals surface area contributed by atoms with Crippen LogP contribution in [0.2, 0.25) is 0 Å². The molecule has 8 nitrogen and oxygen atoms in total. The SMILES string of the molecule is COc1ccc2nccc(C(O)CN3CCC(NCc4cnc5ccccc5n4)CC3)c2n1. The third kappa shape index (κ3) is 4.93. The summed E-state index contributed by atoms with van der Waals surface area (Å²) in [6.07, 6.45) is 4.99. The first-order chi connectivity index (χ1) is 16.2. The Morgan fingerprint density at radius 2 is 1.85 bits per heavy atom. The maximum atomic E-state index is 11.0. The number of pyridine rings is 2. The van der Waals surface area contributed by atoms with Gasteiger partial charge in [0, 0.05) is 37.0 Å². The number of nitrogens with zero attached hydrogens (tertiary/aromatic N) is 5. The van der Waals surface area contributed by atoms with Crippen molar-refractivity contribution in [2.75, 3.05) is 26.7 Å². The van der Waals surface area contributed by atoms with E-state index in [1.807, 2.05) is 42.6 Å². The first-order valence-electron chi connectivity index (χ1n) is 11.3. The molecular formula is C25H28N6O2. The average molecular weight is 445 g/mol. The second-order valence-corrected chi connectivity index (χ2v) is 8.44. The highest BCUT2D eigenvalue weighted by atomic mass is 16.5. The van der Waals surface area contributed by atoms with Crippen LogP contribution >= 0.6 is 0 Å². The van der Waals surface area contributed by atoms with E-state index in [4.69, 9.17) is 9.72 Å².